The maximum absolute atomic E-state index is 6.25. The summed E-state index contributed by atoms with van der Waals surface area (Å²) in [7, 11) is 0. The van der Waals surface area contributed by atoms with E-state index in [0.29, 0.717) is 6.04 Å². The van der Waals surface area contributed by atoms with Crippen LogP contribution in [0.2, 0.25) is 0 Å². The van der Waals surface area contributed by atoms with Crippen LogP contribution in [-0.4, -0.2) is 30.6 Å². The van der Waals surface area contributed by atoms with E-state index < -0.39 is 0 Å². The summed E-state index contributed by atoms with van der Waals surface area (Å²) in [5.41, 5.74) is 6.25. The third-order valence-electron chi connectivity index (χ3n) is 5.26. The minimum Gasteiger partial charge on any atom is -0.327 e. The molecule has 2 saturated carbocycles. The van der Waals surface area contributed by atoms with Crippen LogP contribution < -0.4 is 5.73 Å². The highest BCUT2D eigenvalue weighted by atomic mass is 15.2. The van der Waals surface area contributed by atoms with E-state index in [0.717, 1.165) is 17.8 Å². The summed E-state index contributed by atoms with van der Waals surface area (Å²) < 4.78 is 0. The second-order valence-electron chi connectivity index (χ2n) is 6.38. The van der Waals surface area contributed by atoms with Gasteiger partial charge in [-0.2, -0.15) is 0 Å². The molecule has 0 aromatic carbocycles. The number of fused-ring (bicyclic) bond motifs is 1. The Morgan fingerprint density at radius 1 is 0.875 bits per heavy atom. The fourth-order valence-electron chi connectivity index (χ4n) is 4.28. The number of rotatable bonds is 2. The van der Waals surface area contributed by atoms with Gasteiger partial charge in [0.15, 0.2) is 0 Å². The molecule has 3 fully saturated rings. The van der Waals surface area contributed by atoms with Gasteiger partial charge in [0, 0.05) is 25.7 Å². The topological polar surface area (TPSA) is 29.3 Å². The zero-order valence-electron chi connectivity index (χ0n) is 10.4. The summed E-state index contributed by atoms with van der Waals surface area (Å²) in [5.74, 6) is 2.88. The average molecular weight is 222 g/mol. The lowest BCUT2D eigenvalue weighted by Crippen LogP contribution is -2.40. The molecule has 0 aromatic heterocycles. The highest BCUT2D eigenvalue weighted by molar-refractivity contribution is 4.90. The molecule has 2 N–H and O–H groups in total. The lowest BCUT2D eigenvalue weighted by Gasteiger charge is -2.32. The smallest absolute Gasteiger partial charge is 0.00793 e. The van der Waals surface area contributed by atoms with Crippen molar-refractivity contribution in [2.24, 2.45) is 23.5 Å². The number of nitrogens with two attached hydrogens (primary N) is 1. The van der Waals surface area contributed by atoms with Gasteiger partial charge in [-0.1, -0.05) is 19.3 Å². The molecule has 1 heterocycles. The van der Waals surface area contributed by atoms with E-state index >= 15 is 0 Å². The maximum Gasteiger partial charge on any atom is 0.00793 e. The lowest BCUT2D eigenvalue weighted by molar-refractivity contribution is 0.201. The van der Waals surface area contributed by atoms with Crippen molar-refractivity contribution in [3.8, 4) is 0 Å². The van der Waals surface area contributed by atoms with Crippen LogP contribution in [0.5, 0.6) is 0 Å². The van der Waals surface area contributed by atoms with Gasteiger partial charge in [-0.05, 0) is 43.4 Å². The van der Waals surface area contributed by atoms with Crippen LogP contribution in [0, 0.1) is 17.8 Å². The van der Waals surface area contributed by atoms with Crippen molar-refractivity contribution in [1.82, 2.24) is 4.90 Å². The number of hydrogen-bond donors (Lipinski definition) is 1. The zero-order valence-corrected chi connectivity index (χ0v) is 10.4. The van der Waals surface area contributed by atoms with Crippen molar-refractivity contribution in [2.75, 3.05) is 19.6 Å². The highest BCUT2D eigenvalue weighted by Gasteiger charge is 2.37. The minimum absolute atomic E-state index is 0.495. The molecule has 3 aliphatic rings. The molecule has 0 radical (unpaired) electrons. The Morgan fingerprint density at radius 2 is 1.56 bits per heavy atom. The molecule has 0 spiro atoms. The fourth-order valence-corrected chi connectivity index (χ4v) is 4.28. The Labute approximate surface area is 99.6 Å². The number of nitrogens with zero attached hydrogens (tertiary/aromatic N) is 1. The maximum atomic E-state index is 6.25. The average Bonchev–Trinajstić information content (AvgIpc) is 2.81. The minimum atomic E-state index is 0.495. The molecule has 2 aliphatic carbocycles. The molecule has 2 nitrogen and oxygen atoms in total. The Hall–Kier alpha value is -0.0800. The summed E-state index contributed by atoms with van der Waals surface area (Å²) in [4.78, 5) is 2.73. The predicted octanol–water partition coefficient (Wildman–Crippen LogP) is 2.24. The summed E-state index contributed by atoms with van der Waals surface area (Å²) in [6, 6.07) is 0.495. The van der Waals surface area contributed by atoms with Crippen LogP contribution in [0.3, 0.4) is 0 Å². The van der Waals surface area contributed by atoms with Gasteiger partial charge in [-0.15, -0.1) is 0 Å². The first-order valence-corrected chi connectivity index (χ1v) is 7.31. The SMILES string of the molecule is NC1CCCCC1CN1CC2CCCC2C1. The largest absolute Gasteiger partial charge is 0.327 e. The molecule has 16 heavy (non-hydrogen) atoms. The van der Waals surface area contributed by atoms with Crippen molar-refractivity contribution in [3.05, 3.63) is 0 Å². The van der Waals surface area contributed by atoms with Gasteiger partial charge in [0.25, 0.3) is 0 Å². The second kappa shape index (κ2) is 4.66. The molecule has 4 atom stereocenters. The fraction of sp³-hybridized carbons (Fsp3) is 1.00. The van der Waals surface area contributed by atoms with Crippen LogP contribution in [-0.2, 0) is 0 Å². The van der Waals surface area contributed by atoms with Crippen molar-refractivity contribution in [1.29, 1.82) is 0 Å². The van der Waals surface area contributed by atoms with E-state index in [1.807, 2.05) is 0 Å². The molecule has 0 aromatic rings. The number of hydrogen-bond acceptors (Lipinski definition) is 2. The van der Waals surface area contributed by atoms with Crippen molar-refractivity contribution in [2.45, 2.75) is 51.0 Å². The molecule has 2 heteroatoms. The third-order valence-corrected chi connectivity index (χ3v) is 5.26. The highest BCUT2D eigenvalue weighted by Crippen LogP contribution is 2.38. The molecule has 1 saturated heterocycles. The standard InChI is InChI=1S/C14H26N2/c15-14-7-2-1-4-13(14)10-16-8-11-5-3-6-12(11)9-16/h11-14H,1-10,15H2. The first-order chi connectivity index (χ1) is 7.83. The monoisotopic (exact) mass is 222 g/mol. The van der Waals surface area contributed by atoms with Crippen LogP contribution in [0.4, 0.5) is 0 Å². The first kappa shape index (κ1) is 11.0. The molecule has 92 valence electrons. The summed E-state index contributed by atoms with van der Waals surface area (Å²) in [6.45, 7) is 4.07. The van der Waals surface area contributed by atoms with Gasteiger partial charge in [-0.3, -0.25) is 0 Å². The van der Waals surface area contributed by atoms with Gasteiger partial charge in [0.2, 0.25) is 0 Å². The molecular weight excluding hydrogens is 196 g/mol. The Kier molecular flexibility index (Phi) is 3.21. The van der Waals surface area contributed by atoms with E-state index in [9.17, 15) is 0 Å². The van der Waals surface area contributed by atoms with E-state index in [1.165, 1.54) is 64.6 Å². The Bertz CT molecular complexity index is 229. The van der Waals surface area contributed by atoms with Crippen LogP contribution >= 0.6 is 0 Å². The molecular formula is C14H26N2. The van der Waals surface area contributed by atoms with Gasteiger partial charge in [-0.25, -0.2) is 0 Å². The predicted molar refractivity (Wildman–Crippen MR) is 67.2 cm³/mol. The van der Waals surface area contributed by atoms with Gasteiger partial charge < -0.3 is 10.6 Å². The zero-order chi connectivity index (χ0) is 11.0. The molecule has 1 aliphatic heterocycles. The van der Waals surface area contributed by atoms with E-state index in [1.54, 1.807) is 0 Å². The van der Waals surface area contributed by atoms with Crippen molar-refractivity contribution >= 4 is 0 Å². The van der Waals surface area contributed by atoms with Crippen molar-refractivity contribution in [3.63, 3.8) is 0 Å². The third kappa shape index (κ3) is 2.14. The van der Waals surface area contributed by atoms with Gasteiger partial charge in [0.1, 0.15) is 0 Å². The van der Waals surface area contributed by atoms with E-state index in [-0.39, 0.29) is 0 Å². The Morgan fingerprint density at radius 3 is 2.25 bits per heavy atom. The molecule has 0 bridgehead atoms. The summed E-state index contributed by atoms with van der Waals surface area (Å²) in [6.07, 6.45) is 9.92. The van der Waals surface area contributed by atoms with E-state index in [4.69, 9.17) is 5.73 Å². The van der Waals surface area contributed by atoms with Crippen LogP contribution in [0.15, 0.2) is 0 Å². The van der Waals surface area contributed by atoms with Crippen molar-refractivity contribution < 1.29 is 0 Å². The summed E-state index contributed by atoms with van der Waals surface area (Å²) >= 11 is 0. The lowest BCUT2D eigenvalue weighted by atomic mass is 9.85. The quantitative estimate of drug-likeness (QED) is 0.776. The van der Waals surface area contributed by atoms with Gasteiger partial charge in [0.05, 0.1) is 0 Å². The van der Waals surface area contributed by atoms with Crippen LogP contribution in [0.1, 0.15) is 44.9 Å². The van der Waals surface area contributed by atoms with E-state index in [2.05, 4.69) is 4.90 Å². The second-order valence-corrected chi connectivity index (χ2v) is 6.38. The first-order valence-electron chi connectivity index (χ1n) is 7.31. The van der Waals surface area contributed by atoms with Crippen LogP contribution in [0.25, 0.3) is 0 Å². The molecule has 3 rings (SSSR count). The normalized spacial score (nSPS) is 44.8. The summed E-state index contributed by atoms with van der Waals surface area (Å²) in [5, 5.41) is 0. The Balaban J connectivity index is 1.51. The molecule has 0 amide bonds. The van der Waals surface area contributed by atoms with Gasteiger partial charge >= 0.3 is 0 Å². The number of likely N-dealkylation sites (tertiary alicyclic amines) is 1. The molecule has 4 unspecified atom stereocenters.